The average Bonchev–Trinajstić information content (AvgIpc) is 2.85. The number of para-hydroxylation sites is 1. The van der Waals surface area contributed by atoms with Gasteiger partial charge in [0.15, 0.2) is 0 Å². The molecule has 0 bridgehead atoms. The van der Waals surface area contributed by atoms with E-state index in [2.05, 4.69) is 65.6 Å². The lowest BCUT2D eigenvalue weighted by Gasteiger charge is -2.37. The van der Waals surface area contributed by atoms with E-state index < -0.39 is 0 Å². The zero-order chi connectivity index (χ0) is 21.0. The summed E-state index contributed by atoms with van der Waals surface area (Å²) in [5, 5.41) is 1.06. The van der Waals surface area contributed by atoms with Crippen LogP contribution in [-0.2, 0) is 0 Å². The van der Waals surface area contributed by atoms with Gasteiger partial charge in [0, 0.05) is 16.5 Å². The topological polar surface area (TPSA) is 37.6 Å². The Balaban J connectivity index is 1.34. The molecule has 1 aromatic heterocycles. The van der Waals surface area contributed by atoms with E-state index in [0.717, 1.165) is 37.1 Å². The minimum absolute atomic E-state index is 0.0285. The number of fused-ring (bicyclic) bond motifs is 1. The summed E-state index contributed by atoms with van der Waals surface area (Å²) in [6.45, 7) is 3.29. The van der Waals surface area contributed by atoms with Gasteiger partial charge >= 0.3 is 0 Å². The van der Waals surface area contributed by atoms with E-state index in [1.165, 1.54) is 16.0 Å². The summed E-state index contributed by atoms with van der Waals surface area (Å²) in [6, 6.07) is 33.4. The number of benzene rings is 3. The number of quaternary nitrogens is 1. The van der Waals surface area contributed by atoms with Crippen LogP contribution in [0.15, 0.2) is 97.1 Å². The highest BCUT2D eigenvalue weighted by Crippen LogP contribution is 2.19. The number of piperazine rings is 1. The molecule has 31 heavy (non-hydrogen) atoms. The van der Waals surface area contributed by atoms with Crippen molar-refractivity contribution in [2.45, 2.75) is 6.04 Å². The molecule has 1 aliphatic rings. The molecule has 4 aromatic rings. The largest absolute Gasteiger partial charge is 0.326 e. The molecular weight excluding hydrogens is 382 g/mol. The molecule has 1 amide bonds. The molecule has 0 spiro atoms. The fraction of sp³-hybridized carbons (Fsp3) is 0.185. The molecule has 0 radical (unpaired) electrons. The summed E-state index contributed by atoms with van der Waals surface area (Å²) in [5.41, 5.74) is 4.04. The third-order valence-corrected chi connectivity index (χ3v) is 6.18. The number of hydrogen-bond acceptors (Lipinski definition) is 2. The van der Waals surface area contributed by atoms with Crippen molar-refractivity contribution in [3.63, 3.8) is 0 Å². The van der Waals surface area contributed by atoms with Gasteiger partial charge in [-0.2, -0.15) is 0 Å². The minimum atomic E-state index is 0.0285. The summed E-state index contributed by atoms with van der Waals surface area (Å²) in [5.74, 6) is 0.0285. The second-order valence-corrected chi connectivity index (χ2v) is 8.09. The molecule has 154 valence electrons. The number of pyridine rings is 1. The van der Waals surface area contributed by atoms with Gasteiger partial charge in [0.25, 0.3) is 5.91 Å². The lowest BCUT2D eigenvalue weighted by Crippen LogP contribution is -3.15. The molecule has 0 aliphatic carbocycles. The molecule has 1 N–H and O–H groups in total. The Morgan fingerprint density at radius 1 is 0.742 bits per heavy atom. The maximum absolute atomic E-state index is 13.1. The minimum Gasteiger partial charge on any atom is -0.326 e. The predicted molar refractivity (Wildman–Crippen MR) is 123 cm³/mol. The van der Waals surface area contributed by atoms with Crippen LogP contribution in [0.1, 0.15) is 27.7 Å². The average molecular weight is 409 g/mol. The smallest absolute Gasteiger partial charge is 0.272 e. The number of aromatic nitrogens is 1. The zero-order valence-corrected chi connectivity index (χ0v) is 17.4. The van der Waals surface area contributed by atoms with Crippen molar-refractivity contribution in [3.8, 4) is 0 Å². The Hall–Kier alpha value is -3.50. The molecule has 1 saturated heterocycles. The quantitative estimate of drug-likeness (QED) is 0.562. The Morgan fingerprint density at radius 3 is 1.97 bits per heavy atom. The Labute approximate surface area is 182 Å². The van der Waals surface area contributed by atoms with Crippen LogP contribution in [0.2, 0.25) is 0 Å². The van der Waals surface area contributed by atoms with E-state index in [4.69, 9.17) is 0 Å². The van der Waals surface area contributed by atoms with Gasteiger partial charge < -0.3 is 9.80 Å². The molecule has 3 aromatic carbocycles. The Morgan fingerprint density at radius 2 is 1.32 bits per heavy atom. The van der Waals surface area contributed by atoms with Gasteiger partial charge in [-0.1, -0.05) is 84.9 Å². The third kappa shape index (κ3) is 4.07. The summed E-state index contributed by atoms with van der Waals surface area (Å²) < 4.78 is 0. The van der Waals surface area contributed by atoms with Crippen LogP contribution < -0.4 is 4.90 Å². The highest BCUT2D eigenvalue weighted by atomic mass is 16.2. The molecule has 0 saturated carbocycles. The number of hydrogen-bond donors (Lipinski definition) is 1. The monoisotopic (exact) mass is 408 g/mol. The van der Waals surface area contributed by atoms with Crippen molar-refractivity contribution in [3.05, 3.63) is 114 Å². The van der Waals surface area contributed by atoms with E-state index in [0.29, 0.717) is 5.69 Å². The van der Waals surface area contributed by atoms with Crippen molar-refractivity contribution < 1.29 is 9.69 Å². The third-order valence-electron chi connectivity index (χ3n) is 6.18. The highest BCUT2D eigenvalue weighted by molar-refractivity contribution is 5.94. The first-order valence-electron chi connectivity index (χ1n) is 10.9. The predicted octanol–water partition coefficient (Wildman–Crippen LogP) is 3.37. The van der Waals surface area contributed by atoms with E-state index >= 15 is 0 Å². The van der Waals surface area contributed by atoms with Crippen LogP contribution in [0, 0.1) is 0 Å². The molecule has 4 nitrogen and oxygen atoms in total. The van der Waals surface area contributed by atoms with Gasteiger partial charge in [-0.05, 0) is 12.1 Å². The van der Waals surface area contributed by atoms with Crippen LogP contribution in [0.25, 0.3) is 10.9 Å². The molecule has 5 rings (SSSR count). The molecule has 1 fully saturated rings. The van der Waals surface area contributed by atoms with Crippen molar-refractivity contribution in [2.75, 3.05) is 26.2 Å². The van der Waals surface area contributed by atoms with Gasteiger partial charge in [0.05, 0.1) is 31.7 Å². The number of rotatable bonds is 4. The molecular formula is C27H26N3O+. The SMILES string of the molecule is O=C(c1ccc2ccccc2n1)N1CC[NH+](C(c2ccccc2)c2ccccc2)CC1. The van der Waals surface area contributed by atoms with Gasteiger partial charge in [-0.25, -0.2) is 4.98 Å². The Bertz CT molecular complexity index is 1130. The van der Waals surface area contributed by atoms with Crippen LogP contribution >= 0.6 is 0 Å². The number of nitrogens with one attached hydrogen (secondary N) is 1. The molecule has 0 unspecified atom stereocenters. The highest BCUT2D eigenvalue weighted by Gasteiger charge is 2.32. The molecule has 2 heterocycles. The summed E-state index contributed by atoms with van der Waals surface area (Å²) >= 11 is 0. The van der Waals surface area contributed by atoms with Crippen molar-refractivity contribution in [2.24, 2.45) is 0 Å². The van der Waals surface area contributed by atoms with E-state index in [1.807, 2.05) is 41.3 Å². The second-order valence-electron chi connectivity index (χ2n) is 8.09. The van der Waals surface area contributed by atoms with Gasteiger partial charge in [-0.15, -0.1) is 0 Å². The molecule has 4 heteroatoms. The molecule has 0 atom stereocenters. The van der Waals surface area contributed by atoms with Gasteiger partial charge in [-0.3, -0.25) is 4.79 Å². The standard InChI is InChI=1S/C27H25N3O/c31-27(25-16-15-21-9-7-8-14-24(21)28-25)30-19-17-29(18-20-30)26(22-10-3-1-4-11-22)23-12-5-2-6-13-23/h1-16,26H,17-20H2/p+1. The van der Waals surface area contributed by atoms with Crippen molar-refractivity contribution in [1.29, 1.82) is 0 Å². The second kappa shape index (κ2) is 8.70. The van der Waals surface area contributed by atoms with Crippen LogP contribution in [0.5, 0.6) is 0 Å². The first kappa shape index (κ1) is 19.5. The van der Waals surface area contributed by atoms with E-state index in [1.54, 1.807) is 0 Å². The number of carbonyl (C=O) groups is 1. The zero-order valence-electron chi connectivity index (χ0n) is 17.4. The lowest BCUT2D eigenvalue weighted by molar-refractivity contribution is -0.929. The van der Waals surface area contributed by atoms with E-state index in [-0.39, 0.29) is 11.9 Å². The fourth-order valence-electron chi connectivity index (χ4n) is 4.59. The summed E-state index contributed by atoms with van der Waals surface area (Å²) in [7, 11) is 0. The number of amides is 1. The van der Waals surface area contributed by atoms with Crippen LogP contribution in [0.4, 0.5) is 0 Å². The first-order chi connectivity index (χ1) is 15.3. The maximum Gasteiger partial charge on any atom is 0.272 e. The summed E-state index contributed by atoms with van der Waals surface area (Å²) in [6.07, 6.45) is 0. The Kier molecular flexibility index (Phi) is 5.46. The van der Waals surface area contributed by atoms with Crippen LogP contribution in [-0.4, -0.2) is 42.0 Å². The normalized spacial score (nSPS) is 14.8. The van der Waals surface area contributed by atoms with Crippen molar-refractivity contribution in [1.82, 2.24) is 9.88 Å². The molecule has 1 aliphatic heterocycles. The lowest BCUT2D eigenvalue weighted by atomic mass is 9.96. The van der Waals surface area contributed by atoms with Crippen LogP contribution in [0.3, 0.4) is 0 Å². The maximum atomic E-state index is 13.1. The fourth-order valence-corrected chi connectivity index (χ4v) is 4.59. The number of nitrogens with zero attached hydrogens (tertiary/aromatic N) is 2. The van der Waals surface area contributed by atoms with E-state index in [9.17, 15) is 4.79 Å². The van der Waals surface area contributed by atoms with Gasteiger partial charge in [0.2, 0.25) is 0 Å². The van der Waals surface area contributed by atoms with Gasteiger partial charge in [0.1, 0.15) is 11.7 Å². The summed E-state index contributed by atoms with van der Waals surface area (Å²) in [4.78, 5) is 21.2. The first-order valence-corrected chi connectivity index (χ1v) is 10.9. The van der Waals surface area contributed by atoms with Crippen molar-refractivity contribution >= 4 is 16.8 Å². The number of carbonyl (C=O) groups excluding carboxylic acids is 1.